The molecule has 1 unspecified atom stereocenters. The number of fused-ring (bicyclic) bond motifs is 1. The number of hydrogen-bond donors (Lipinski definition) is 2. The van der Waals surface area contributed by atoms with Gasteiger partial charge in [0.25, 0.3) is 0 Å². The standard InChI is InChI=1S/C14H17N3O4/c1-16(8-11(15)18)14(21)17-7-6-9-4-2-3-5-10(9)12(17)13(19)20/h2-5,12H,6-8H2,1H3,(H2,15,18)(H,19,20). The Labute approximate surface area is 121 Å². The number of carboxylic acids is 1. The van der Waals surface area contributed by atoms with E-state index in [4.69, 9.17) is 5.73 Å². The topological polar surface area (TPSA) is 104 Å². The number of primary amides is 1. The Kier molecular flexibility index (Phi) is 4.11. The maximum absolute atomic E-state index is 12.3. The molecule has 1 aromatic rings. The first-order chi connectivity index (χ1) is 9.91. The smallest absolute Gasteiger partial charge is 0.331 e. The number of nitrogens with zero attached hydrogens (tertiary/aromatic N) is 2. The predicted molar refractivity (Wildman–Crippen MR) is 74.4 cm³/mol. The average molecular weight is 291 g/mol. The van der Waals surface area contributed by atoms with Gasteiger partial charge >= 0.3 is 12.0 Å². The van der Waals surface area contributed by atoms with Gasteiger partial charge in [-0.05, 0) is 17.5 Å². The number of carbonyl (C=O) groups is 3. The van der Waals surface area contributed by atoms with Crippen molar-refractivity contribution in [2.24, 2.45) is 5.73 Å². The zero-order valence-electron chi connectivity index (χ0n) is 11.7. The molecule has 0 aromatic heterocycles. The maximum Gasteiger partial charge on any atom is 0.331 e. The minimum atomic E-state index is -1.09. The summed E-state index contributed by atoms with van der Waals surface area (Å²) in [5, 5.41) is 9.46. The molecule has 0 saturated carbocycles. The number of likely N-dealkylation sites (N-methyl/N-ethyl adjacent to an activating group) is 1. The molecular formula is C14H17N3O4. The number of benzene rings is 1. The number of carboxylic acid groups (broad SMARTS) is 1. The van der Waals surface area contributed by atoms with Crippen LogP contribution in [0.5, 0.6) is 0 Å². The molecular weight excluding hydrogens is 274 g/mol. The number of amides is 3. The molecule has 0 saturated heterocycles. The van der Waals surface area contributed by atoms with Crippen molar-refractivity contribution in [1.29, 1.82) is 0 Å². The Balaban J connectivity index is 2.30. The highest BCUT2D eigenvalue weighted by molar-refractivity contribution is 5.87. The highest BCUT2D eigenvalue weighted by Gasteiger charge is 2.37. The molecule has 2 rings (SSSR count). The lowest BCUT2D eigenvalue weighted by molar-refractivity contribution is -0.143. The van der Waals surface area contributed by atoms with Crippen molar-refractivity contribution in [2.75, 3.05) is 20.1 Å². The van der Waals surface area contributed by atoms with Crippen molar-refractivity contribution in [3.8, 4) is 0 Å². The largest absolute Gasteiger partial charge is 0.479 e. The van der Waals surface area contributed by atoms with E-state index >= 15 is 0 Å². The highest BCUT2D eigenvalue weighted by Crippen LogP contribution is 2.30. The van der Waals surface area contributed by atoms with E-state index in [0.717, 1.165) is 10.5 Å². The van der Waals surface area contributed by atoms with Crippen LogP contribution in [0.1, 0.15) is 17.2 Å². The lowest BCUT2D eigenvalue weighted by atomic mass is 9.93. The molecule has 7 nitrogen and oxygen atoms in total. The molecule has 7 heteroatoms. The van der Waals surface area contributed by atoms with Gasteiger partial charge < -0.3 is 20.6 Å². The van der Waals surface area contributed by atoms with Crippen molar-refractivity contribution in [3.05, 3.63) is 35.4 Å². The number of carbonyl (C=O) groups excluding carboxylic acids is 2. The lowest BCUT2D eigenvalue weighted by Crippen LogP contribution is -2.50. The number of hydrogen-bond acceptors (Lipinski definition) is 3. The summed E-state index contributed by atoms with van der Waals surface area (Å²) < 4.78 is 0. The molecule has 3 N–H and O–H groups in total. The van der Waals surface area contributed by atoms with Gasteiger partial charge in [-0.2, -0.15) is 0 Å². The normalized spacial score (nSPS) is 17.0. The Morgan fingerprint density at radius 2 is 2.05 bits per heavy atom. The Morgan fingerprint density at radius 1 is 1.38 bits per heavy atom. The van der Waals surface area contributed by atoms with Crippen LogP contribution < -0.4 is 5.73 Å². The predicted octanol–water partition coefficient (Wildman–Crippen LogP) is 0.208. The molecule has 1 aliphatic rings. The second-order valence-corrected chi connectivity index (χ2v) is 4.99. The van der Waals surface area contributed by atoms with Crippen LogP contribution in [-0.2, 0) is 16.0 Å². The molecule has 1 atom stereocenters. The Hall–Kier alpha value is -2.57. The Bertz CT molecular complexity index is 587. The molecule has 0 radical (unpaired) electrons. The van der Waals surface area contributed by atoms with Crippen LogP contribution in [0, 0.1) is 0 Å². The van der Waals surface area contributed by atoms with E-state index in [1.165, 1.54) is 11.9 Å². The van der Waals surface area contributed by atoms with Crippen molar-refractivity contribution in [2.45, 2.75) is 12.5 Å². The van der Waals surface area contributed by atoms with Gasteiger partial charge in [0.2, 0.25) is 5.91 Å². The van der Waals surface area contributed by atoms with Crippen LogP contribution in [0.15, 0.2) is 24.3 Å². The monoisotopic (exact) mass is 291 g/mol. The zero-order chi connectivity index (χ0) is 15.6. The third kappa shape index (κ3) is 2.96. The number of rotatable bonds is 3. The van der Waals surface area contributed by atoms with Gasteiger partial charge in [-0.25, -0.2) is 9.59 Å². The molecule has 1 aromatic carbocycles. The van der Waals surface area contributed by atoms with E-state index < -0.39 is 23.9 Å². The van der Waals surface area contributed by atoms with Crippen molar-refractivity contribution in [1.82, 2.24) is 9.80 Å². The van der Waals surface area contributed by atoms with Crippen LogP contribution in [0.3, 0.4) is 0 Å². The summed E-state index contributed by atoms with van der Waals surface area (Å²) in [6.07, 6.45) is 0.579. The van der Waals surface area contributed by atoms with E-state index in [2.05, 4.69) is 0 Å². The van der Waals surface area contributed by atoms with E-state index in [9.17, 15) is 19.5 Å². The first-order valence-corrected chi connectivity index (χ1v) is 6.52. The molecule has 0 fully saturated rings. The second-order valence-electron chi connectivity index (χ2n) is 4.99. The highest BCUT2D eigenvalue weighted by atomic mass is 16.4. The van der Waals surface area contributed by atoms with Crippen LogP contribution >= 0.6 is 0 Å². The lowest BCUT2D eigenvalue weighted by Gasteiger charge is -2.36. The van der Waals surface area contributed by atoms with Crippen LogP contribution in [0.25, 0.3) is 0 Å². The molecule has 1 heterocycles. The molecule has 0 spiro atoms. The SMILES string of the molecule is CN(CC(N)=O)C(=O)N1CCc2ccccc2C1C(=O)O. The first kappa shape index (κ1) is 14.8. The molecule has 112 valence electrons. The molecule has 0 bridgehead atoms. The zero-order valence-corrected chi connectivity index (χ0v) is 11.7. The summed E-state index contributed by atoms with van der Waals surface area (Å²) in [4.78, 5) is 37.2. The maximum atomic E-state index is 12.3. The van der Waals surface area contributed by atoms with Crippen LogP contribution in [0.2, 0.25) is 0 Å². The minimum absolute atomic E-state index is 0.247. The summed E-state index contributed by atoms with van der Waals surface area (Å²) in [6.45, 7) is 0.0409. The Morgan fingerprint density at radius 3 is 2.67 bits per heavy atom. The van der Waals surface area contributed by atoms with Gasteiger partial charge in [-0.3, -0.25) is 4.79 Å². The van der Waals surface area contributed by atoms with Gasteiger partial charge in [0, 0.05) is 13.6 Å². The first-order valence-electron chi connectivity index (χ1n) is 6.52. The number of aliphatic carboxylic acids is 1. The summed E-state index contributed by atoms with van der Waals surface area (Å²) in [5.74, 6) is -1.74. The summed E-state index contributed by atoms with van der Waals surface area (Å²) in [6, 6.07) is 5.60. The molecule has 0 aliphatic carbocycles. The van der Waals surface area contributed by atoms with Gasteiger partial charge in [-0.15, -0.1) is 0 Å². The minimum Gasteiger partial charge on any atom is -0.479 e. The second kappa shape index (κ2) is 5.82. The summed E-state index contributed by atoms with van der Waals surface area (Å²) in [7, 11) is 1.42. The fraction of sp³-hybridized carbons (Fsp3) is 0.357. The quantitative estimate of drug-likeness (QED) is 0.830. The van der Waals surface area contributed by atoms with Crippen molar-refractivity contribution >= 4 is 17.9 Å². The van der Waals surface area contributed by atoms with E-state index in [0.29, 0.717) is 12.0 Å². The van der Waals surface area contributed by atoms with Crippen LogP contribution in [0.4, 0.5) is 4.79 Å². The molecule has 1 aliphatic heterocycles. The summed E-state index contributed by atoms with van der Waals surface area (Å²) in [5.41, 5.74) is 6.60. The van der Waals surface area contributed by atoms with Gasteiger partial charge in [0.15, 0.2) is 6.04 Å². The van der Waals surface area contributed by atoms with Gasteiger partial charge in [-0.1, -0.05) is 24.3 Å². The fourth-order valence-electron chi connectivity index (χ4n) is 2.56. The van der Waals surface area contributed by atoms with E-state index in [-0.39, 0.29) is 13.1 Å². The third-order valence-corrected chi connectivity index (χ3v) is 3.48. The third-order valence-electron chi connectivity index (χ3n) is 3.48. The van der Waals surface area contributed by atoms with Gasteiger partial charge in [0.05, 0.1) is 0 Å². The van der Waals surface area contributed by atoms with E-state index in [1.807, 2.05) is 12.1 Å². The van der Waals surface area contributed by atoms with Crippen LogP contribution in [-0.4, -0.2) is 53.0 Å². The molecule has 3 amide bonds. The van der Waals surface area contributed by atoms with Crippen molar-refractivity contribution < 1.29 is 19.5 Å². The average Bonchev–Trinajstić information content (AvgIpc) is 2.44. The van der Waals surface area contributed by atoms with Gasteiger partial charge in [0.1, 0.15) is 6.54 Å². The van der Waals surface area contributed by atoms with Crippen molar-refractivity contribution in [3.63, 3.8) is 0 Å². The number of nitrogens with two attached hydrogens (primary N) is 1. The fourth-order valence-corrected chi connectivity index (χ4v) is 2.56. The van der Waals surface area contributed by atoms with E-state index in [1.54, 1.807) is 12.1 Å². The number of urea groups is 1. The molecule has 21 heavy (non-hydrogen) atoms. The summed E-state index contributed by atoms with van der Waals surface area (Å²) >= 11 is 0.